The van der Waals surface area contributed by atoms with Gasteiger partial charge in [0.05, 0.1) is 5.25 Å². The van der Waals surface area contributed by atoms with Gasteiger partial charge in [-0.05, 0) is 35.7 Å². The highest BCUT2D eigenvalue weighted by Crippen LogP contribution is 2.33. The predicted octanol–water partition coefficient (Wildman–Crippen LogP) is 4.03. The molecule has 0 fully saturated rings. The fourth-order valence-corrected chi connectivity index (χ4v) is 3.71. The van der Waals surface area contributed by atoms with Crippen molar-refractivity contribution in [3.05, 3.63) is 65.7 Å². The third-order valence-corrected chi connectivity index (χ3v) is 5.04. The first kappa shape index (κ1) is 14.2. The normalized spacial score (nSPS) is 17.0. The van der Waals surface area contributed by atoms with Gasteiger partial charge in [-0.3, -0.25) is 4.79 Å². The molecule has 2 aromatic carbocycles. The number of aryl methyl sites for hydroxylation is 1. The topological polar surface area (TPSA) is 56.0 Å². The van der Waals surface area contributed by atoms with Crippen LogP contribution in [0.3, 0.4) is 0 Å². The number of nitrogens with zero attached hydrogens (tertiary/aromatic N) is 2. The van der Waals surface area contributed by atoms with Crippen molar-refractivity contribution in [1.29, 1.82) is 0 Å². The van der Waals surface area contributed by atoms with E-state index in [0.717, 1.165) is 29.5 Å². The van der Waals surface area contributed by atoms with Crippen LogP contribution >= 0.6 is 11.8 Å². The molecule has 4 nitrogen and oxygen atoms in total. The Morgan fingerprint density at radius 2 is 1.83 bits per heavy atom. The lowest BCUT2D eigenvalue weighted by Gasteiger charge is -2.21. The second-order valence-electron chi connectivity index (χ2n) is 5.41. The van der Waals surface area contributed by atoms with E-state index >= 15 is 0 Å². The summed E-state index contributed by atoms with van der Waals surface area (Å²) in [6.07, 6.45) is 1.71. The molecule has 0 amide bonds. The molecule has 1 atom stereocenters. The van der Waals surface area contributed by atoms with Crippen LogP contribution in [0, 0.1) is 0 Å². The van der Waals surface area contributed by atoms with E-state index in [1.165, 1.54) is 11.8 Å². The summed E-state index contributed by atoms with van der Waals surface area (Å²) in [6, 6.07) is 17.4. The molecule has 0 unspecified atom stereocenters. The lowest BCUT2D eigenvalue weighted by atomic mass is 9.90. The van der Waals surface area contributed by atoms with E-state index in [1.807, 2.05) is 54.6 Å². The minimum atomic E-state index is -0.147. The molecule has 3 aromatic rings. The standard InChI is InChI=1S/C18H14N2O2S/c21-16-14-9-5-4-6-12(14)10-11-15(16)23-18-19-17(22-20-18)13-7-2-1-3-8-13/h1-9,15H,10-11H2/t15-/m0/s1. The van der Waals surface area contributed by atoms with Crippen LogP contribution in [0.5, 0.6) is 0 Å². The average Bonchev–Trinajstić information content (AvgIpc) is 3.07. The van der Waals surface area contributed by atoms with Crippen LogP contribution in [-0.2, 0) is 6.42 Å². The largest absolute Gasteiger partial charge is 0.333 e. The molecule has 0 aliphatic heterocycles. The summed E-state index contributed by atoms with van der Waals surface area (Å²) in [5.74, 6) is 0.639. The van der Waals surface area contributed by atoms with Crippen LogP contribution in [-0.4, -0.2) is 21.2 Å². The summed E-state index contributed by atoms with van der Waals surface area (Å²) in [6.45, 7) is 0. The molecule has 1 heterocycles. The smallest absolute Gasteiger partial charge is 0.258 e. The van der Waals surface area contributed by atoms with Crippen LogP contribution in [0.1, 0.15) is 22.3 Å². The summed E-state index contributed by atoms with van der Waals surface area (Å²) < 4.78 is 5.30. The second kappa shape index (κ2) is 6.01. The van der Waals surface area contributed by atoms with E-state index in [1.54, 1.807) is 0 Å². The summed E-state index contributed by atoms with van der Waals surface area (Å²) >= 11 is 1.39. The van der Waals surface area contributed by atoms with E-state index in [0.29, 0.717) is 11.0 Å². The van der Waals surface area contributed by atoms with Crippen molar-refractivity contribution in [3.8, 4) is 11.5 Å². The maximum absolute atomic E-state index is 12.6. The molecule has 0 bridgehead atoms. The van der Waals surface area contributed by atoms with Gasteiger partial charge in [0.25, 0.3) is 5.89 Å². The molecule has 0 spiro atoms. The Labute approximate surface area is 137 Å². The van der Waals surface area contributed by atoms with Crippen molar-refractivity contribution in [1.82, 2.24) is 10.1 Å². The highest BCUT2D eigenvalue weighted by atomic mass is 32.2. The van der Waals surface area contributed by atoms with Crippen molar-refractivity contribution < 1.29 is 9.32 Å². The van der Waals surface area contributed by atoms with Crippen molar-refractivity contribution in [3.63, 3.8) is 0 Å². The van der Waals surface area contributed by atoms with Gasteiger partial charge in [0.1, 0.15) is 0 Å². The highest BCUT2D eigenvalue weighted by Gasteiger charge is 2.29. The molecule has 5 heteroatoms. The molecule has 4 rings (SSSR count). The lowest BCUT2D eigenvalue weighted by Crippen LogP contribution is -2.24. The number of Topliss-reactive ketones (excluding diaryl/α,β-unsaturated/α-hetero) is 1. The SMILES string of the molecule is O=C1c2ccccc2CC[C@@H]1Sc1noc(-c2ccccc2)n1. The number of ketones is 1. The van der Waals surface area contributed by atoms with Gasteiger partial charge < -0.3 is 4.52 Å². The number of hydrogen-bond donors (Lipinski definition) is 0. The van der Waals surface area contributed by atoms with Crippen LogP contribution in [0.4, 0.5) is 0 Å². The van der Waals surface area contributed by atoms with Gasteiger partial charge in [0, 0.05) is 11.1 Å². The fourth-order valence-electron chi connectivity index (χ4n) is 2.77. The number of carbonyl (C=O) groups is 1. The Balaban J connectivity index is 1.54. The van der Waals surface area contributed by atoms with Crippen LogP contribution in [0.2, 0.25) is 0 Å². The van der Waals surface area contributed by atoms with Gasteiger partial charge in [0.15, 0.2) is 5.78 Å². The summed E-state index contributed by atoms with van der Waals surface area (Å²) in [4.78, 5) is 17.0. The first-order valence-corrected chi connectivity index (χ1v) is 8.37. The number of hydrogen-bond acceptors (Lipinski definition) is 5. The predicted molar refractivity (Wildman–Crippen MR) is 88.5 cm³/mol. The maximum Gasteiger partial charge on any atom is 0.258 e. The number of rotatable bonds is 3. The summed E-state index contributed by atoms with van der Waals surface area (Å²) in [5, 5.41) is 4.37. The molecule has 1 aliphatic rings. The monoisotopic (exact) mass is 322 g/mol. The van der Waals surface area contributed by atoms with Crippen molar-refractivity contribution in [2.24, 2.45) is 0 Å². The molecule has 0 saturated carbocycles. The molecular weight excluding hydrogens is 308 g/mol. The van der Waals surface area contributed by atoms with E-state index in [2.05, 4.69) is 10.1 Å². The molecular formula is C18H14N2O2S. The fraction of sp³-hybridized carbons (Fsp3) is 0.167. The molecule has 114 valence electrons. The Hall–Kier alpha value is -2.40. The maximum atomic E-state index is 12.6. The number of aromatic nitrogens is 2. The van der Waals surface area contributed by atoms with E-state index < -0.39 is 0 Å². The minimum absolute atomic E-state index is 0.147. The lowest BCUT2D eigenvalue weighted by molar-refractivity contribution is 0.0979. The summed E-state index contributed by atoms with van der Waals surface area (Å²) in [7, 11) is 0. The van der Waals surface area contributed by atoms with Gasteiger partial charge in [0.2, 0.25) is 5.16 Å². The van der Waals surface area contributed by atoms with Crippen LogP contribution in [0.25, 0.3) is 11.5 Å². The molecule has 1 aliphatic carbocycles. The molecule has 0 radical (unpaired) electrons. The minimum Gasteiger partial charge on any atom is -0.333 e. The average molecular weight is 322 g/mol. The van der Waals surface area contributed by atoms with E-state index in [-0.39, 0.29) is 11.0 Å². The Kier molecular flexibility index (Phi) is 3.71. The number of carbonyl (C=O) groups excluding carboxylic acids is 1. The van der Waals surface area contributed by atoms with Crippen molar-refractivity contribution >= 4 is 17.5 Å². The highest BCUT2D eigenvalue weighted by molar-refractivity contribution is 8.00. The molecule has 23 heavy (non-hydrogen) atoms. The van der Waals surface area contributed by atoms with Gasteiger partial charge in [-0.2, -0.15) is 4.98 Å². The van der Waals surface area contributed by atoms with E-state index in [4.69, 9.17) is 4.52 Å². The Morgan fingerprint density at radius 1 is 1.04 bits per heavy atom. The number of benzene rings is 2. The third kappa shape index (κ3) is 2.80. The quantitative estimate of drug-likeness (QED) is 0.729. The van der Waals surface area contributed by atoms with Gasteiger partial charge in [-0.1, -0.05) is 54.2 Å². The van der Waals surface area contributed by atoms with Crippen LogP contribution < -0.4 is 0 Å². The number of fused-ring (bicyclic) bond motifs is 1. The van der Waals surface area contributed by atoms with Gasteiger partial charge in [-0.15, -0.1) is 0 Å². The number of thioether (sulfide) groups is 1. The molecule has 0 saturated heterocycles. The molecule has 0 N–H and O–H groups in total. The Bertz CT molecular complexity index is 845. The zero-order chi connectivity index (χ0) is 15.6. The van der Waals surface area contributed by atoms with Crippen molar-refractivity contribution in [2.75, 3.05) is 0 Å². The van der Waals surface area contributed by atoms with E-state index in [9.17, 15) is 4.79 Å². The van der Waals surface area contributed by atoms with Crippen LogP contribution in [0.15, 0.2) is 64.3 Å². The molecule has 1 aromatic heterocycles. The summed E-state index contributed by atoms with van der Waals surface area (Å²) in [5.41, 5.74) is 2.84. The van der Waals surface area contributed by atoms with Crippen molar-refractivity contribution in [2.45, 2.75) is 23.2 Å². The van der Waals surface area contributed by atoms with Gasteiger partial charge >= 0.3 is 0 Å². The zero-order valence-corrected chi connectivity index (χ0v) is 13.1. The van der Waals surface area contributed by atoms with Gasteiger partial charge in [-0.25, -0.2) is 0 Å². The second-order valence-corrected chi connectivity index (χ2v) is 6.58. The third-order valence-electron chi connectivity index (χ3n) is 3.93. The first-order valence-electron chi connectivity index (χ1n) is 7.49. The zero-order valence-electron chi connectivity index (χ0n) is 12.3. The first-order chi connectivity index (χ1) is 11.3. The Morgan fingerprint density at radius 3 is 2.70 bits per heavy atom.